The van der Waals surface area contributed by atoms with Gasteiger partial charge in [-0.05, 0) is 19.3 Å². The number of carboxylic acid groups (broad SMARTS) is 1. The van der Waals surface area contributed by atoms with Crippen molar-refractivity contribution < 1.29 is 14.5 Å². The van der Waals surface area contributed by atoms with Gasteiger partial charge in [-0.2, -0.15) is 0 Å². The maximum atomic E-state index is 10.3. The summed E-state index contributed by atoms with van der Waals surface area (Å²) in [5.41, 5.74) is 0. The summed E-state index contributed by atoms with van der Waals surface area (Å²) < 4.78 is 4.44. The Morgan fingerprint density at radius 1 is 1.16 bits per heavy atom. The fourth-order valence-electron chi connectivity index (χ4n) is 2.28. The van der Waals surface area contributed by atoms with Crippen LogP contribution in [0.25, 0.3) is 0 Å². The third-order valence-corrected chi connectivity index (χ3v) is 3.69. The molecule has 1 N–H and O–H groups in total. The Morgan fingerprint density at radius 3 is 2.26 bits per heavy atom. The van der Waals surface area contributed by atoms with E-state index in [4.69, 9.17) is 5.11 Å². The van der Waals surface area contributed by atoms with Gasteiger partial charge in [-0.1, -0.05) is 25.7 Å². The Morgan fingerprint density at radius 2 is 1.74 bits per heavy atom. The molecule has 0 aliphatic carbocycles. The van der Waals surface area contributed by atoms with E-state index in [1.54, 1.807) is 0 Å². The molecule has 1 rings (SSSR count). The van der Waals surface area contributed by atoms with Gasteiger partial charge in [-0.3, -0.25) is 4.79 Å². The predicted molar refractivity (Wildman–Crippen MR) is 74.9 cm³/mol. The smallest absolute Gasteiger partial charge is 0.303 e. The van der Waals surface area contributed by atoms with Crippen LogP contribution < -0.4 is 4.57 Å². The van der Waals surface area contributed by atoms with Crippen molar-refractivity contribution in [1.82, 2.24) is 4.57 Å². The van der Waals surface area contributed by atoms with Crippen molar-refractivity contribution in [2.75, 3.05) is 0 Å². The topological polar surface area (TPSA) is 46.1 Å². The second kappa shape index (κ2) is 8.73. The third kappa shape index (κ3) is 6.41. The molecule has 0 aliphatic rings. The molecule has 19 heavy (non-hydrogen) atoms. The summed E-state index contributed by atoms with van der Waals surface area (Å²) in [4.78, 5) is 10.3. The highest BCUT2D eigenvalue weighted by Gasteiger charge is 2.07. The number of hydrogen-bond donors (Lipinski definition) is 1. The summed E-state index contributed by atoms with van der Waals surface area (Å²) in [6.45, 7) is 3.24. The lowest BCUT2D eigenvalue weighted by atomic mass is 10.1. The molecule has 0 bridgehead atoms. The van der Waals surface area contributed by atoms with E-state index in [0.717, 1.165) is 19.4 Å². The molecule has 1 heterocycles. The quantitative estimate of drug-likeness (QED) is 0.523. The lowest BCUT2D eigenvalue weighted by molar-refractivity contribution is -0.677. The molecule has 0 spiro atoms. The van der Waals surface area contributed by atoms with Crippen LogP contribution in [0, 0.1) is 6.92 Å². The largest absolute Gasteiger partial charge is 0.481 e. The van der Waals surface area contributed by atoms with E-state index in [1.165, 1.54) is 37.9 Å². The van der Waals surface area contributed by atoms with Crippen LogP contribution in [0.15, 0.2) is 12.4 Å². The molecule has 1 aromatic rings. The number of aryl methyl sites for hydroxylation is 2. The number of carboxylic acids is 1. The Hall–Kier alpha value is -1.32. The molecule has 4 heteroatoms. The zero-order valence-electron chi connectivity index (χ0n) is 12.3. The lowest BCUT2D eigenvalue weighted by Gasteiger charge is -2.01. The van der Waals surface area contributed by atoms with Crippen LogP contribution in [0.1, 0.15) is 57.2 Å². The first-order valence-electron chi connectivity index (χ1n) is 7.34. The van der Waals surface area contributed by atoms with Crippen molar-refractivity contribution >= 4 is 5.97 Å². The predicted octanol–water partition coefficient (Wildman–Crippen LogP) is 2.83. The fraction of sp³-hybridized carbons (Fsp3) is 0.733. The Kier molecular flexibility index (Phi) is 7.23. The molecule has 1 aromatic heterocycles. The molecule has 4 nitrogen and oxygen atoms in total. The number of carbonyl (C=O) groups is 1. The van der Waals surface area contributed by atoms with Crippen molar-refractivity contribution in [1.29, 1.82) is 0 Å². The Balaban J connectivity index is 1.94. The molecule has 0 amide bonds. The highest BCUT2D eigenvalue weighted by Crippen LogP contribution is 2.09. The second-order valence-corrected chi connectivity index (χ2v) is 5.27. The third-order valence-electron chi connectivity index (χ3n) is 3.69. The van der Waals surface area contributed by atoms with Gasteiger partial charge in [0.05, 0.1) is 13.6 Å². The highest BCUT2D eigenvalue weighted by atomic mass is 16.4. The molecule has 0 saturated heterocycles. The van der Waals surface area contributed by atoms with Gasteiger partial charge in [0.15, 0.2) is 0 Å². The lowest BCUT2D eigenvalue weighted by Crippen LogP contribution is -2.29. The average Bonchev–Trinajstić information content (AvgIpc) is 2.68. The summed E-state index contributed by atoms with van der Waals surface area (Å²) in [5, 5.41) is 8.51. The van der Waals surface area contributed by atoms with Gasteiger partial charge in [0.1, 0.15) is 12.4 Å². The molecule has 0 fully saturated rings. The fourth-order valence-corrected chi connectivity index (χ4v) is 2.28. The van der Waals surface area contributed by atoms with E-state index < -0.39 is 5.97 Å². The van der Waals surface area contributed by atoms with Crippen molar-refractivity contribution in [3.8, 4) is 0 Å². The molecule has 0 atom stereocenters. The van der Waals surface area contributed by atoms with E-state index in [9.17, 15) is 4.79 Å². The first-order valence-corrected chi connectivity index (χ1v) is 7.34. The summed E-state index contributed by atoms with van der Waals surface area (Å²) in [6, 6.07) is 0. The number of aromatic nitrogens is 2. The van der Waals surface area contributed by atoms with Crippen molar-refractivity contribution in [2.24, 2.45) is 7.05 Å². The van der Waals surface area contributed by atoms with Gasteiger partial charge >= 0.3 is 5.97 Å². The molecule has 0 saturated carbocycles. The normalized spacial score (nSPS) is 10.8. The van der Waals surface area contributed by atoms with Crippen LogP contribution >= 0.6 is 0 Å². The zero-order chi connectivity index (χ0) is 14.1. The zero-order valence-corrected chi connectivity index (χ0v) is 12.3. The molecule has 0 radical (unpaired) electrons. The van der Waals surface area contributed by atoms with E-state index in [2.05, 4.69) is 35.5 Å². The first-order chi connectivity index (χ1) is 9.11. The minimum Gasteiger partial charge on any atom is -0.481 e. The van der Waals surface area contributed by atoms with Gasteiger partial charge < -0.3 is 5.11 Å². The van der Waals surface area contributed by atoms with Crippen molar-refractivity contribution in [3.05, 3.63) is 18.2 Å². The summed E-state index contributed by atoms with van der Waals surface area (Å²) >= 11 is 0. The van der Waals surface area contributed by atoms with E-state index in [-0.39, 0.29) is 0 Å². The van der Waals surface area contributed by atoms with Crippen LogP contribution in [0.4, 0.5) is 0 Å². The van der Waals surface area contributed by atoms with Crippen LogP contribution in [0.2, 0.25) is 0 Å². The summed E-state index contributed by atoms with van der Waals surface area (Å²) in [6.07, 6.45) is 12.6. The maximum Gasteiger partial charge on any atom is 0.303 e. The monoisotopic (exact) mass is 267 g/mol. The van der Waals surface area contributed by atoms with Crippen LogP contribution in [0.5, 0.6) is 0 Å². The first kappa shape index (κ1) is 15.7. The number of unbranched alkanes of at least 4 members (excludes halogenated alkanes) is 6. The summed E-state index contributed by atoms with van der Waals surface area (Å²) in [5.74, 6) is 0.629. The number of aliphatic carboxylic acids is 1. The van der Waals surface area contributed by atoms with Gasteiger partial charge in [0, 0.05) is 13.3 Å². The van der Waals surface area contributed by atoms with Crippen molar-refractivity contribution in [3.63, 3.8) is 0 Å². The minimum atomic E-state index is -0.671. The minimum absolute atomic E-state index is 0.323. The maximum absolute atomic E-state index is 10.3. The molecule has 0 aromatic carbocycles. The average molecular weight is 267 g/mol. The van der Waals surface area contributed by atoms with Gasteiger partial charge in [-0.15, -0.1) is 0 Å². The number of hydrogen-bond acceptors (Lipinski definition) is 1. The molecular weight excluding hydrogens is 240 g/mol. The number of rotatable bonds is 10. The van der Waals surface area contributed by atoms with Crippen LogP contribution in [-0.4, -0.2) is 15.6 Å². The number of nitrogens with zero attached hydrogens (tertiary/aromatic N) is 2. The van der Waals surface area contributed by atoms with Crippen LogP contribution in [0.3, 0.4) is 0 Å². The molecular formula is C15H27N2O2+. The van der Waals surface area contributed by atoms with Gasteiger partial charge in [0.2, 0.25) is 0 Å². The molecule has 0 aliphatic heterocycles. The highest BCUT2D eigenvalue weighted by molar-refractivity contribution is 5.66. The second-order valence-electron chi connectivity index (χ2n) is 5.27. The van der Waals surface area contributed by atoms with E-state index in [1.807, 2.05) is 0 Å². The number of imidazole rings is 1. The SMILES string of the molecule is Cc1n(CCCCCCCCCC(=O)O)cc[n+]1C. The Bertz CT molecular complexity index is 385. The van der Waals surface area contributed by atoms with E-state index >= 15 is 0 Å². The molecule has 108 valence electrons. The molecule has 0 unspecified atom stereocenters. The standard InChI is InChI=1S/C15H26N2O2/c1-14-16(2)12-13-17(14)11-9-7-5-3-4-6-8-10-15(18)19/h12-13H,3-11H2,1-2H3/p+1. The van der Waals surface area contributed by atoms with Crippen molar-refractivity contribution in [2.45, 2.75) is 64.8 Å². The van der Waals surface area contributed by atoms with Gasteiger partial charge in [-0.25, -0.2) is 9.13 Å². The summed E-state index contributed by atoms with van der Waals surface area (Å²) in [7, 11) is 2.07. The van der Waals surface area contributed by atoms with E-state index in [0.29, 0.717) is 6.42 Å². The Labute approximate surface area is 116 Å². The van der Waals surface area contributed by atoms with Gasteiger partial charge in [0.25, 0.3) is 5.82 Å². The van der Waals surface area contributed by atoms with Crippen LogP contribution in [-0.2, 0) is 18.4 Å².